The van der Waals surface area contributed by atoms with Crippen LogP contribution in [0, 0.1) is 0 Å². The lowest BCUT2D eigenvalue weighted by Gasteiger charge is -2.15. The van der Waals surface area contributed by atoms with Gasteiger partial charge >= 0.3 is 0 Å². The number of hydrogen-bond acceptors (Lipinski definition) is 4. The van der Waals surface area contributed by atoms with Gasteiger partial charge in [-0.15, -0.1) is 0 Å². The molecule has 0 saturated carbocycles. The lowest BCUT2D eigenvalue weighted by Crippen LogP contribution is -2.19. The SMILES string of the molecule is CC(NCc1ccncc1)c1cccc(S(N)(=O)=O)c1. The van der Waals surface area contributed by atoms with E-state index in [0.29, 0.717) is 6.54 Å². The van der Waals surface area contributed by atoms with Crippen molar-refractivity contribution in [2.75, 3.05) is 0 Å². The van der Waals surface area contributed by atoms with Gasteiger partial charge < -0.3 is 5.32 Å². The zero-order valence-corrected chi connectivity index (χ0v) is 12.0. The quantitative estimate of drug-likeness (QED) is 0.876. The van der Waals surface area contributed by atoms with Crippen molar-refractivity contribution in [1.82, 2.24) is 10.3 Å². The van der Waals surface area contributed by atoms with Crippen LogP contribution in [0.5, 0.6) is 0 Å². The largest absolute Gasteiger partial charge is 0.306 e. The first kappa shape index (κ1) is 14.6. The summed E-state index contributed by atoms with van der Waals surface area (Å²) in [6.45, 7) is 2.66. The molecule has 2 aromatic rings. The number of nitrogens with one attached hydrogen (secondary N) is 1. The Morgan fingerprint density at radius 2 is 1.95 bits per heavy atom. The van der Waals surface area contributed by atoms with Crippen molar-refractivity contribution in [1.29, 1.82) is 0 Å². The first-order chi connectivity index (χ1) is 9.47. The van der Waals surface area contributed by atoms with Crippen LogP contribution in [0.4, 0.5) is 0 Å². The summed E-state index contributed by atoms with van der Waals surface area (Å²) in [6, 6.07) is 10.5. The van der Waals surface area contributed by atoms with Gasteiger partial charge in [-0.25, -0.2) is 13.6 Å². The number of aromatic nitrogens is 1. The molecule has 0 fully saturated rings. The Hall–Kier alpha value is -1.76. The number of rotatable bonds is 5. The minimum atomic E-state index is -3.66. The van der Waals surface area contributed by atoms with Crippen LogP contribution in [0.1, 0.15) is 24.1 Å². The van der Waals surface area contributed by atoms with Crippen LogP contribution in [0.15, 0.2) is 53.7 Å². The molecule has 0 radical (unpaired) electrons. The molecule has 1 aromatic carbocycles. The highest BCUT2D eigenvalue weighted by Crippen LogP contribution is 2.17. The number of nitrogens with zero attached hydrogens (tertiary/aromatic N) is 1. The molecule has 1 aromatic heterocycles. The van der Waals surface area contributed by atoms with Gasteiger partial charge in [-0.2, -0.15) is 0 Å². The van der Waals surface area contributed by atoms with E-state index in [0.717, 1.165) is 11.1 Å². The standard InChI is InChI=1S/C14H17N3O2S/c1-11(17-10-12-5-7-16-8-6-12)13-3-2-4-14(9-13)20(15,18)19/h2-9,11,17H,10H2,1H3,(H2,15,18,19). The highest BCUT2D eigenvalue weighted by Gasteiger charge is 2.11. The van der Waals surface area contributed by atoms with Crippen LogP contribution < -0.4 is 10.5 Å². The van der Waals surface area contributed by atoms with Crippen LogP contribution in [-0.4, -0.2) is 13.4 Å². The number of benzene rings is 1. The number of primary sulfonamides is 1. The van der Waals surface area contributed by atoms with Gasteiger partial charge in [-0.1, -0.05) is 12.1 Å². The average Bonchev–Trinajstić information content (AvgIpc) is 2.45. The topological polar surface area (TPSA) is 85.1 Å². The van der Waals surface area contributed by atoms with Crippen LogP contribution in [0.3, 0.4) is 0 Å². The zero-order chi connectivity index (χ0) is 14.6. The normalized spacial score (nSPS) is 13.1. The highest BCUT2D eigenvalue weighted by atomic mass is 32.2. The summed E-state index contributed by atoms with van der Waals surface area (Å²) in [5.74, 6) is 0. The maximum Gasteiger partial charge on any atom is 0.238 e. The molecule has 1 unspecified atom stereocenters. The van der Waals surface area contributed by atoms with Gasteiger partial charge in [0, 0.05) is 25.0 Å². The molecule has 20 heavy (non-hydrogen) atoms. The summed E-state index contributed by atoms with van der Waals surface area (Å²) in [4.78, 5) is 4.09. The van der Waals surface area contributed by atoms with E-state index in [9.17, 15) is 8.42 Å². The van der Waals surface area contributed by atoms with E-state index in [4.69, 9.17) is 5.14 Å². The Balaban J connectivity index is 2.08. The number of pyridine rings is 1. The molecule has 0 aliphatic rings. The third-order valence-corrected chi connectivity index (χ3v) is 3.96. The predicted octanol–water partition coefficient (Wildman–Crippen LogP) is 1.58. The summed E-state index contributed by atoms with van der Waals surface area (Å²) in [5.41, 5.74) is 2.00. The van der Waals surface area contributed by atoms with Crippen molar-refractivity contribution >= 4 is 10.0 Å². The molecule has 0 saturated heterocycles. The highest BCUT2D eigenvalue weighted by molar-refractivity contribution is 7.89. The number of nitrogens with two attached hydrogens (primary N) is 1. The third kappa shape index (κ3) is 3.86. The van der Waals surface area contributed by atoms with Crippen molar-refractivity contribution in [2.45, 2.75) is 24.4 Å². The zero-order valence-electron chi connectivity index (χ0n) is 11.2. The fourth-order valence-electron chi connectivity index (χ4n) is 1.85. The summed E-state index contributed by atoms with van der Waals surface area (Å²) in [5, 5.41) is 8.47. The van der Waals surface area contributed by atoms with E-state index in [-0.39, 0.29) is 10.9 Å². The van der Waals surface area contributed by atoms with Gasteiger partial charge in [0.15, 0.2) is 0 Å². The van der Waals surface area contributed by atoms with E-state index < -0.39 is 10.0 Å². The van der Waals surface area contributed by atoms with Crippen LogP contribution in [0.2, 0.25) is 0 Å². The molecule has 0 spiro atoms. The first-order valence-electron chi connectivity index (χ1n) is 6.22. The molecule has 0 amide bonds. The molecular formula is C14H17N3O2S. The minimum absolute atomic E-state index is 0.0184. The van der Waals surface area contributed by atoms with Crippen molar-refractivity contribution in [3.63, 3.8) is 0 Å². The smallest absolute Gasteiger partial charge is 0.238 e. The monoisotopic (exact) mass is 291 g/mol. The van der Waals surface area contributed by atoms with E-state index in [1.165, 1.54) is 6.07 Å². The van der Waals surface area contributed by atoms with Crippen molar-refractivity contribution in [2.24, 2.45) is 5.14 Å². The molecular weight excluding hydrogens is 274 g/mol. The van der Waals surface area contributed by atoms with Crippen LogP contribution >= 0.6 is 0 Å². The molecule has 6 heteroatoms. The van der Waals surface area contributed by atoms with Gasteiger partial charge in [0.05, 0.1) is 4.90 Å². The van der Waals surface area contributed by atoms with Crippen LogP contribution in [0.25, 0.3) is 0 Å². The molecule has 1 atom stereocenters. The lowest BCUT2D eigenvalue weighted by atomic mass is 10.1. The molecule has 106 valence electrons. The van der Waals surface area contributed by atoms with Crippen molar-refractivity contribution in [3.05, 3.63) is 59.9 Å². The summed E-state index contributed by atoms with van der Waals surface area (Å²) < 4.78 is 22.7. The number of hydrogen-bond donors (Lipinski definition) is 2. The molecule has 5 nitrogen and oxygen atoms in total. The molecule has 2 rings (SSSR count). The van der Waals surface area contributed by atoms with Gasteiger partial charge in [-0.3, -0.25) is 4.98 Å². The molecule has 0 aliphatic heterocycles. The number of sulfonamides is 1. The van der Waals surface area contributed by atoms with E-state index in [1.54, 1.807) is 24.5 Å². The van der Waals surface area contributed by atoms with E-state index >= 15 is 0 Å². The first-order valence-corrected chi connectivity index (χ1v) is 7.76. The summed E-state index contributed by atoms with van der Waals surface area (Å²) >= 11 is 0. The van der Waals surface area contributed by atoms with E-state index in [1.807, 2.05) is 25.1 Å². The summed E-state index contributed by atoms with van der Waals surface area (Å²) in [6.07, 6.45) is 3.48. The minimum Gasteiger partial charge on any atom is -0.306 e. The van der Waals surface area contributed by atoms with Crippen molar-refractivity contribution < 1.29 is 8.42 Å². The Kier molecular flexibility index (Phi) is 4.49. The third-order valence-electron chi connectivity index (χ3n) is 3.05. The van der Waals surface area contributed by atoms with Gasteiger partial charge in [0.2, 0.25) is 10.0 Å². The van der Waals surface area contributed by atoms with Crippen molar-refractivity contribution in [3.8, 4) is 0 Å². The molecule has 0 aliphatic carbocycles. The summed E-state index contributed by atoms with van der Waals surface area (Å²) in [7, 11) is -3.66. The van der Waals surface area contributed by atoms with Gasteiger partial charge in [-0.05, 0) is 42.3 Å². The Bertz CT molecular complexity index is 672. The van der Waals surface area contributed by atoms with Gasteiger partial charge in [0.25, 0.3) is 0 Å². The molecule has 1 heterocycles. The second-order valence-electron chi connectivity index (χ2n) is 4.58. The maximum atomic E-state index is 11.3. The molecule has 0 bridgehead atoms. The average molecular weight is 291 g/mol. The van der Waals surface area contributed by atoms with Gasteiger partial charge in [0.1, 0.15) is 0 Å². The Morgan fingerprint density at radius 1 is 1.25 bits per heavy atom. The fraction of sp³-hybridized carbons (Fsp3) is 0.214. The Morgan fingerprint density at radius 3 is 2.60 bits per heavy atom. The maximum absolute atomic E-state index is 11.3. The predicted molar refractivity (Wildman–Crippen MR) is 77.3 cm³/mol. The Labute approximate surface area is 118 Å². The van der Waals surface area contributed by atoms with Crippen LogP contribution in [-0.2, 0) is 16.6 Å². The second kappa shape index (κ2) is 6.13. The molecule has 3 N–H and O–H groups in total. The second-order valence-corrected chi connectivity index (χ2v) is 6.14. The lowest BCUT2D eigenvalue weighted by molar-refractivity contribution is 0.572. The fourth-order valence-corrected chi connectivity index (χ4v) is 2.42. The van der Waals surface area contributed by atoms with E-state index in [2.05, 4.69) is 10.3 Å².